The zero-order chi connectivity index (χ0) is 21.9. The number of carbonyl (C=O) groups excluding carboxylic acids is 1. The number of carbonyl (C=O) groups is 1. The Morgan fingerprint density at radius 1 is 1.06 bits per heavy atom. The topological polar surface area (TPSA) is 52.6 Å². The van der Waals surface area contributed by atoms with E-state index in [0.29, 0.717) is 12.1 Å². The summed E-state index contributed by atoms with van der Waals surface area (Å²) < 4.78 is 0. The van der Waals surface area contributed by atoms with Crippen LogP contribution in [0.15, 0.2) is 66.7 Å². The van der Waals surface area contributed by atoms with Gasteiger partial charge in [-0.2, -0.15) is 6.07 Å². The maximum atomic E-state index is 13.2. The fourth-order valence-electron chi connectivity index (χ4n) is 3.45. The molecule has 0 spiro atoms. The van der Waals surface area contributed by atoms with Crippen molar-refractivity contribution in [2.24, 2.45) is 0 Å². The van der Waals surface area contributed by atoms with Crippen molar-refractivity contribution >= 4 is 22.9 Å². The number of hydrogen-bond acceptors (Lipinski definition) is 4. The van der Waals surface area contributed by atoms with Crippen LogP contribution in [0.5, 0.6) is 0 Å². The van der Waals surface area contributed by atoms with E-state index in [4.69, 9.17) is 0 Å². The van der Waals surface area contributed by atoms with Crippen LogP contribution in [0, 0.1) is 5.38 Å². The van der Waals surface area contributed by atoms with E-state index in [1.54, 1.807) is 16.3 Å². The molecule has 1 aromatic heterocycles. The molecule has 0 aliphatic heterocycles. The molecule has 6 heteroatoms. The fourth-order valence-corrected chi connectivity index (χ4v) is 4.12. The third-order valence-corrected chi connectivity index (χ3v) is 6.09. The van der Waals surface area contributed by atoms with Gasteiger partial charge in [0.25, 0.3) is 5.91 Å². The third-order valence-electron chi connectivity index (χ3n) is 5.24. The molecule has 0 bridgehead atoms. The van der Waals surface area contributed by atoms with Gasteiger partial charge in [-0.1, -0.05) is 62.9 Å². The molecule has 1 unspecified atom stereocenters. The number of thiophene rings is 1. The number of rotatable bonds is 12. The smallest absolute Gasteiger partial charge is 0.272 e. The summed E-state index contributed by atoms with van der Waals surface area (Å²) in [6.45, 7) is 2.84. The zero-order valence-corrected chi connectivity index (χ0v) is 22.3. The SMILES string of the molecule is CCCCCC(O)c1ccc(N(NCCCc2cc[c-]s2)C(=O)c2ccccc2)cc1.[Y]. The van der Waals surface area contributed by atoms with Crippen LogP contribution >= 0.6 is 11.3 Å². The Morgan fingerprint density at radius 3 is 2.47 bits per heavy atom. The number of aryl methyl sites for hydroxylation is 1. The van der Waals surface area contributed by atoms with Crippen LogP contribution < -0.4 is 10.4 Å². The number of benzene rings is 2. The fraction of sp³-hybridized carbons (Fsp3) is 0.346. The summed E-state index contributed by atoms with van der Waals surface area (Å²) in [7, 11) is 0. The molecular weight excluding hydrogens is 493 g/mol. The second kappa shape index (κ2) is 14.7. The van der Waals surface area contributed by atoms with Gasteiger partial charge in [-0.05, 0) is 42.7 Å². The van der Waals surface area contributed by atoms with E-state index in [-0.39, 0.29) is 38.6 Å². The summed E-state index contributed by atoms with van der Waals surface area (Å²) in [5.74, 6) is -0.0960. The molecule has 1 radical (unpaired) electrons. The molecule has 0 saturated carbocycles. The minimum absolute atomic E-state index is 0. The summed E-state index contributed by atoms with van der Waals surface area (Å²) in [5, 5.41) is 15.2. The molecule has 1 heterocycles. The van der Waals surface area contributed by atoms with Crippen LogP contribution in [-0.2, 0) is 39.1 Å². The van der Waals surface area contributed by atoms with Crippen LogP contribution in [-0.4, -0.2) is 17.6 Å². The van der Waals surface area contributed by atoms with E-state index in [9.17, 15) is 9.90 Å². The van der Waals surface area contributed by atoms with Crippen LogP contribution in [0.4, 0.5) is 5.69 Å². The Morgan fingerprint density at radius 2 is 1.81 bits per heavy atom. The van der Waals surface area contributed by atoms with Crippen LogP contribution in [0.2, 0.25) is 0 Å². The van der Waals surface area contributed by atoms with Crippen molar-refractivity contribution in [3.63, 3.8) is 0 Å². The normalized spacial score (nSPS) is 11.6. The van der Waals surface area contributed by atoms with Gasteiger partial charge in [0.2, 0.25) is 0 Å². The first-order valence-electron chi connectivity index (χ1n) is 11.0. The molecular formula is C26H31N2O2SY-. The molecule has 167 valence electrons. The number of hydrogen-bond donors (Lipinski definition) is 2. The predicted molar refractivity (Wildman–Crippen MR) is 128 cm³/mol. The summed E-state index contributed by atoms with van der Waals surface area (Å²) in [6.07, 6.45) is 5.45. The average molecular weight is 525 g/mol. The molecule has 1 amide bonds. The van der Waals surface area contributed by atoms with Crippen LogP contribution in [0.25, 0.3) is 0 Å². The van der Waals surface area contributed by atoms with Crippen molar-refractivity contribution in [2.75, 3.05) is 11.6 Å². The van der Waals surface area contributed by atoms with Gasteiger partial charge in [-0.15, -0.1) is 10.3 Å². The number of amides is 1. The van der Waals surface area contributed by atoms with Gasteiger partial charge in [0.1, 0.15) is 0 Å². The van der Waals surface area contributed by atoms with Gasteiger partial charge in [0, 0.05) is 44.8 Å². The van der Waals surface area contributed by atoms with Crippen LogP contribution in [0.1, 0.15) is 65.9 Å². The second-order valence-corrected chi connectivity index (χ2v) is 8.61. The molecule has 3 aromatic rings. The number of nitrogens with one attached hydrogen (secondary N) is 1. The van der Waals surface area contributed by atoms with Gasteiger partial charge < -0.3 is 16.4 Å². The molecule has 0 saturated heterocycles. The third kappa shape index (κ3) is 8.20. The predicted octanol–water partition coefficient (Wildman–Crippen LogP) is 5.94. The average Bonchev–Trinajstić information content (AvgIpc) is 3.33. The first-order chi connectivity index (χ1) is 15.2. The number of hydrazine groups is 1. The van der Waals surface area contributed by atoms with Crippen molar-refractivity contribution < 1.29 is 42.6 Å². The molecule has 1 atom stereocenters. The number of aliphatic hydroxyl groups excluding tert-OH is 1. The van der Waals surface area contributed by atoms with Crippen molar-refractivity contribution in [1.29, 1.82) is 0 Å². The second-order valence-electron chi connectivity index (χ2n) is 7.64. The van der Waals surface area contributed by atoms with Gasteiger partial charge in [0.05, 0.1) is 11.8 Å². The molecule has 4 nitrogen and oxygen atoms in total. The standard InChI is InChI=1S/C26H31N2O2S.Y/c1-2-3-5-14-25(29)21-15-17-23(18-16-21)28(26(30)22-10-6-4-7-11-22)27-19-8-12-24-13-9-20-31-24;/h4,6-7,9-11,13,15-18,25,27,29H,2-3,5,8,12,14,19H2,1H3;/q-1;. The summed E-state index contributed by atoms with van der Waals surface area (Å²) in [4.78, 5) is 14.5. The number of aliphatic hydroxyl groups is 1. The minimum Gasteiger partial charge on any atom is -0.388 e. The number of unbranched alkanes of at least 4 members (excludes halogenated alkanes) is 2. The molecule has 2 N–H and O–H groups in total. The van der Waals surface area contributed by atoms with E-state index in [1.807, 2.05) is 60.7 Å². The van der Waals surface area contributed by atoms with Crippen molar-refractivity contribution in [1.82, 2.24) is 5.43 Å². The Bertz CT molecular complexity index is 901. The minimum atomic E-state index is -0.463. The van der Waals surface area contributed by atoms with Gasteiger partial charge in [-0.25, -0.2) is 16.5 Å². The molecule has 3 rings (SSSR count). The maximum Gasteiger partial charge on any atom is 0.272 e. The van der Waals surface area contributed by atoms with E-state index in [1.165, 1.54) is 4.88 Å². The number of anilines is 1. The van der Waals surface area contributed by atoms with Crippen molar-refractivity contribution in [2.45, 2.75) is 51.6 Å². The van der Waals surface area contributed by atoms with E-state index >= 15 is 0 Å². The summed E-state index contributed by atoms with van der Waals surface area (Å²) in [6, 6.07) is 21.0. The Labute approximate surface area is 220 Å². The number of nitrogens with zero attached hydrogens (tertiary/aromatic N) is 1. The van der Waals surface area contributed by atoms with Crippen molar-refractivity contribution in [3.8, 4) is 0 Å². The summed E-state index contributed by atoms with van der Waals surface area (Å²) in [5.41, 5.74) is 5.59. The Hall–Kier alpha value is -1.37. The van der Waals surface area contributed by atoms with Gasteiger partial charge in [0.15, 0.2) is 0 Å². The van der Waals surface area contributed by atoms with Gasteiger partial charge in [-0.3, -0.25) is 4.79 Å². The van der Waals surface area contributed by atoms with E-state index in [2.05, 4.69) is 23.8 Å². The molecule has 0 aliphatic rings. The molecule has 0 fully saturated rings. The first kappa shape index (κ1) is 26.9. The summed E-state index contributed by atoms with van der Waals surface area (Å²) >= 11 is 1.64. The zero-order valence-electron chi connectivity index (χ0n) is 18.7. The van der Waals surface area contributed by atoms with E-state index in [0.717, 1.165) is 49.8 Å². The molecule has 2 aromatic carbocycles. The van der Waals surface area contributed by atoms with Crippen LogP contribution in [0.3, 0.4) is 0 Å². The quantitative estimate of drug-likeness (QED) is 0.175. The maximum absolute atomic E-state index is 13.2. The Kier molecular flexibility index (Phi) is 12.4. The van der Waals surface area contributed by atoms with Gasteiger partial charge >= 0.3 is 0 Å². The monoisotopic (exact) mass is 524 g/mol. The first-order valence-corrected chi connectivity index (χ1v) is 11.9. The largest absolute Gasteiger partial charge is 0.388 e. The van der Waals surface area contributed by atoms with Crippen molar-refractivity contribution in [3.05, 3.63) is 88.1 Å². The van der Waals surface area contributed by atoms with E-state index < -0.39 is 6.10 Å². The Balaban J connectivity index is 0.00000363. The molecule has 0 aliphatic carbocycles. The molecule has 32 heavy (non-hydrogen) atoms.